The number of aromatic nitrogens is 2. The van der Waals surface area contributed by atoms with Crippen LogP contribution in [0.25, 0.3) is 76.2 Å². The lowest BCUT2D eigenvalue weighted by atomic mass is 9.86. The normalized spacial score (nSPS) is 12.9. The molecule has 0 aliphatic heterocycles. The molecule has 0 aliphatic carbocycles. The Balaban J connectivity index is 1.28. The van der Waals surface area contributed by atoms with Gasteiger partial charge in [0.1, 0.15) is 0 Å². The molecule has 0 N–H and O–H groups in total. The van der Waals surface area contributed by atoms with E-state index in [0.29, 0.717) is 16.2 Å². The lowest BCUT2D eigenvalue weighted by Crippen LogP contribution is -2.17. The third-order valence-electron chi connectivity index (χ3n) is 12.3. The average Bonchev–Trinajstić information content (AvgIpc) is 3.71. The number of rotatable bonds is 3. The van der Waals surface area contributed by atoms with Crippen LogP contribution in [0.2, 0.25) is 0 Å². The molecule has 5 nitrogen and oxygen atoms in total. The highest BCUT2D eigenvalue weighted by Gasteiger charge is 2.26. The molecule has 0 saturated carbocycles. The maximum Gasteiger partial charge on any atom is 0.199 e. The molecule has 0 spiro atoms. The molecular weight excluding hydrogens is 699 g/mol. The van der Waals surface area contributed by atoms with Crippen LogP contribution in [0.15, 0.2) is 149 Å². The van der Waals surface area contributed by atoms with Gasteiger partial charge < -0.3 is 13.7 Å². The van der Waals surface area contributed by atoms with E-state index in [-0.39, 0.29) is 21.7 Å². The predicted octanol–water partition coefficient (Wildman–Crippen LogP) is 12.8. The van der Waals surface area contributed by atoms with Crippen molar-refractivity contribution in [2.24, 2.45) is 0 Å². The number of hydrogen-bond acceptors (Lipinski definition) is 3. The van der Waals surface area contributed by atoms with Crippen molar-refractivity contribution in [3.8, 4) is 0 Å². The van der Waals surface area contributed by atoms with E-state index in [1.54, 1.807) is 0 Å². The minimum atomic E-state index is -0.00257. The van der Waals surface area contributed by atoms with Gasteiger partial charge >= 0.3 is 0 Å². The molecule has 7 aromatic carbocycles. The lowest BCUT2D eigenvalue weighted by Gasteiger charge is -2.29. The van der Waals surface area contributed by atoms with Crippen molar-refractivity contribution in [2.45, 2.75) is 52.4 Å². The lowest BCUT2D eigenvalue weighted by molar-refractivity contribution is 0.590. The van der Waals surface area contributed by atoms with Gasteiger partial charge in [0.15, 0.2) is 10.9 Å². The van der Waals surface area contributed by atoms with Gasteiger partial charge in [-0.15, -0.1) is 0 Å². The first-order chi connectivity index (χ1) is 27.4. The Morgan fingerprint density at radius 1 is 0.404 bits per heavy atom. The number of anilines is 3. The van der Waals surface area contributed by atoms with Crippen molar-refractivity contribution in [3.63, 3.8) is 0 Å². The van der Waals surface area contributed by atoms with Crippen LogP contribution >= 0.6 is 0 Å². The molecule has 0 radical (unpaired) electrons. The highest BCUT2D eigenvalue weighted by atomic mass is 16.1. The Kier molecular flexibility index (Phi) is 6.73. The van der Waals surface area contributed by atoms with Crippen molar-refractivity contribution < 1.29 is 0 Å². The quantitative estimate of drug-likeness (QED) is 0.170. The van der Waals surface area contributed by atoms with Crippen molar-refractivity contribution >= 4 is 93.3 Å². The van der Waals surface area contributed by atoms with Crippen molar-refractivity contribution in [1.82, 2.24) is 8.80 Å². The first kappa shape index (κ1) is 33.6. The summed E-state index contributed by atoms with van der Waals surface area (Å²) in [4.78, 5) is 31.2. The molecule has 0 amide bonds. The standard InChI is InChI=1S/C52H41N3O2/c1-51(2,3)30-18-22-32(23-19-30)53(33-24-20-31(21-25-33)52(4,5)6)43-27-26-35-40-28-39-34-14-11-15-38-47(34)54(41-16-9-7-12-36(41)49(38)56)44(39)29-45(40)55-42-17-10-8-13-37(42)50(57)46(43)48(35)55/h7-29H,1-6H3. The highest BCUT2D eigenvalue weighted by Crippen LogP contribution is 2.45. The Morgan fingerprint density at radius 2 is 0.877 bits per heavy atom. The first-order valence-electron chi connectivity index (χ1n) is 19.8. The van der Waals surface area contributed by atoms with Crippen LogP contribution in [-0.2, 0) is 10.8 Å². The monoisotopic (exact) mass is 739 g/mol. The Morgan fingerprint density at radius 3 is 1.44 bits per heavy atom. The molecule has 11 rings (SSSR count). The Bertz CT molecular complexity index is 3500. The van der Waals surface area contributed by atoms with Crippen LogP contribution in [0.3, 0.4) is 0 Å². The molecule has 0 unspecified atom stereocenters. The second-order valence-corrected chi connectivity index (χ2v) is 17.7. The molecule has 4 aromatic heterocycles. The summed E-state index contributed by atoms with van der Waals surface area (Å²) in [5.41, 5.74) is 11.0. The van der Waals surface area contributed by atoms with Gasteiger partial charge in [-0.25, -0.2) is 0 Å². The van der Waals surface area contributed by atoms with Gasteiger partial charge in [-0.3, -0.25) is 9.59 Å². The highest BCUT2D eigenvalue weighted by molar-refractivity contribution is 6.26. The number of para-hydroxylation sites is 3. The SMILES string of the molecule is CC(C)(C)c1ccc(N(c2ccc(C(C)(C)C)cc2)c2ccc3c4cc5c6cccc7c(=O)c8ccccc8n(c5cc4n4c5ccccc5c(=O)c2c34)c76)cc1. The summed E-state index contributed by atoms with van der Waals surface area (Å²) in [6.07, 6.45) is 0. The molecule has 0 atom stereocenters. The summed E-state index contributed by atoms with van der Waals surface area (Å²) in [5.74, 6) is 0. The number of hydrogen-bond donors (Lipinski definition) is 0. The van der Waals surface area contributed by atoms with E-state index in [1.807, 2.05) is 54.6 Å². The molecule has 0 fully saturated rings. The number of pyridine rings is 2. The summed E-state index contributed by atoms with van der Waals surface area (Å²) >= 11 is 0. The van der Waals surface area contributed by atoms with Gasteiger partial charge in [-0.2, -0.15) is 0 Å². The summed E-state index contributed by atoms with van der Waals surface area (Å²) < 4.78 is 4.56. The zero-order valence-corrected chi connectivity index (χ0v) is 32.9. The van der Waals surface area contributed by atoms with Crippen LogP contribution in [-0.4, -0.2) is 8.80 Å². The van der Waals surface area contributed by atoms with E-state index in [9.17, 15) is 4.79 Å². The number of fused-ring (bicyclic) bond motifs is 10. The summed E-state index contributed by atoms with van der Waals surface area (Å²) in [6.45, 7) is 13.4. The van der Waals surface area contributed by atoms with Crippen molar-refractivity contribution in [2.75, 3.05) is 4.90 Å². The van der Waals surface area contributed by atoms with Gasteiger partial charge in [-0.1, -0.05) is 108 Å². The fourth-order valence-corrected chi connectivity index (χ4v) is 9.39. The summed E-state index contributed by atoms with van der Waals surface area (Å²) in [6, 6.07) is 48.4. The largest absolute Gasteiger partial charge is 0.310 e. The number of benzene rings is 7. The Hall–Kier alpha value is -6.72. The van der Waals surface area contributed by atoms with E-state index in [4.69, 9.17) is 0 Å². The van der Waals surface area contributed by atoms with Crippen LogP contribution in [0, 0.1) is 0 Å². The van der Waals surface area contributed by atoms with Gasteiger partial charge in [0.2, 0.25) is 0 Å². The maximum absolute atomic E-state index is 15.1. The molecule has 0 aliphatic rings. The van der Waals surface area contributed by atoms with Crippen molar-refractivity contribution in [3.05, 3.63) is 171 Å². The molecule has 4 heterocycles. The molecule has 11 aromatic rings. The minimum absolute atomic E-state index is 0.00257. The molecule has 5 heteroatoms. The van der Waals surface area contributed by atoms with Gasteiger partial charge in [-0.05, 0) is 94.8 Å². The maximum atomic E-state index is 15.1. The smallest absolute Gasteiger partial charge is 0.199 e. The van der Waals surface area contributed by atoms with E-state index in [2.05, 4.69) is 140 Å². The first-order valence-corrected chi connectivity index (χ1v) is 19.8. The van der Waals surface area contributed by atoms with E-state index < -0.39 is 0 Å². The van der Waals surface area contributed by atoms with E-state index in [1.165, 1.54) is 11.1 Å². The van der Waals surface area contributed by atoms with Gasteiger partial charge in [0.05, 0.1) is 44.2 Å². The predicted molar refractivity (Wildman–Crippen MR) is 240 cm³/mol. The van der Waals surface area contributed by atoms with Crippen LogP contribution in [0.1, 0.15) is 52.7 Å². The molecule has 276 valence electrons. The van der Waals surface area contributed by atoms with Gasteiger partial charge in [0, 0.05) is 49.1 Å². The number of nitrogens with zero attached hydrogens (tertiary/aromatic N) is 3. The Labute approximate surface area is 329 Å². The van der Waals surface area contributed by atoms with Crippen LogP contribution in [0.4, 0.5) is 17.1 Å². The zero-order chi connectivity index (χ0) is 39.1. The topological polar surface area (TPSA) is 46.2 Å². The third kappa shape index (κ3) is 4.63. The molecule has 0 bridgehead atoms. The van der Waals surface area contributed by atoms with Gasteiger partial charge in [0.25, 0.3) is 0 Å². The summed E-state index contributed by atoms with van der Waals surface area (Å²) in [7, 11) is 0. The van der Waals surface area contributed by atoms with Crippen molar-refractivity contribution in [1.29, 1.82) is 0 Å². The van der Waals surface area contributed by atoms with Crippen LogP contribution in [0.5, 0.6) is 0 Å². The van der Waals surface area contributed by atoms with Crippen LogP contribution < -0.4 is 15.8 Å². The summed E-state index contributed by atoms with van der Waals surface area (Å²) in [5, 5.41) is 6.96. The molecule has 57 heavy (non-hydrogen) atoms. The third-order valence-corrected chi connectivity index (χ3v) is 12.3. The second-order valence-electron chi connectivity index (χ2n) is 17.7. The molecular formula is C52H41N3O2. The minimum Gasteiger partial charge on any atom is -0.310 e. The fraction of sp³-hybridized carbons (Fsp3) is 0.154. The van der Waals surface area contributed by atoms with E-state index >= 15 is 4.79 Å². The van der Waals surface area contributed by atoms with E-state index in [0.717, 1.165) is 77.1 Å². The fourth-order valence-electron chi connectivity index (χ4n) is 9.39. The molecule has 0 saturated heterocycles. The average molecular weight is 740 g/mol. The zero-order valence-electron chi connectivity index (χ0n) is 32.9. The second kappa shape index (κ2) is 11.4.